The van der Waals surface area contributed by atoms with Crippen LogP contribution >= 0.6 is 11.8 Å². The molecule has 70 valence electrons. The Labute approximate surface area is 80.5 Å². The lowest BCUT2D eigenvalue weighted by Crippen LogP contribution is -2.22. The highest BCUT2D eigenvalue weighted by atomic mass is 32.2. The highest BCUT2D eigenvalue weighted by Crippen LogP contribution is 2.09. The molecule has 0 heterocycles. The van der Waals surface area contributed by atoms with Gasteiger partial charge in [-0.15, -0.1) is 12.3 Å². The SMILES string of the molecule is C#CCCC(N)CSCC(C)C. The van der Waals surface area contributed by atoms with Crippen molar-refractivity contribution >= 4 is 11.8 Å². The molecule has 0 aromatic rings. The van der Waals surface area contributed by atoms with Gasteiger partial charge in [-0.1, -0.05) is 13.8 Å². The highest BCUT2D eigenvalue weighted by molar-refractivity contribution is 7.99. The molecule has 0 spiro atoms. The third-order valence-electron chi connectivity index (χ3n) is 1.44. The van der Waals surface area contributed by atoms with E-state index < -0.39 is 0 Å². The first-order chi connectivity index (χ1) is 5.66. The maximum absolute atomic E-state index is 5.83. The molecule has 1 atom stereocenters. The molecule has 0 radical (unpaired) electrons. The van der Waals surface area contributed by atoms with Crippen LogP contribution in [0, 0.1) is 18.3 Å². The van der Waals surface area contributed by atoms with E-state index in [2.05, 4.69) is 19.8 Å². The minimum atomic E-state index is 0.282. The van der Waals surface area contributed by atoms with Crippen molar-refractivity contribution in [1.29, 1.82) is 0 Å². The Morgan fingerprint density at radius 2 is 2.08 bits per heavy atom. The smallest absolute Gasteiger partial charge is 0.0139 e. The standard InChI is InChI=1S/C10H19NS/c1-4-5-6-10(11)8-12-7-9(2)3/h1,9-10H,5-8,11H2,2-3H3. The lowest BCUT2D eigenvalue weighted by Gasteiger charge is -2.10. The average Bonchev–Trinajstić information content (AvgIpc) is 2.00. The van der Waals surface area contributed by atoms with E-state index in [0.29, 0.717) is 0 Å². The zero-order valence-electron chi connectivity index (χ0n) is 8.05. The van der Waals surface area contributed by atoms with Gasteiger partial charge in [-0.25, -0.2) is 0 Å². The summed E-state index contributed by atoms with van der Waals surface area (Å²) in [6.45, 7) is 4.44. The molecule has 0 rings (SSSR count). The maximum atomic E-state index is 5.83. The minimum absolute atomic E-state index is 0.282. The van der Waals surface area contributed by atoms with Gasteiger partial charge in [-0.05, 0) is 18.1 Å². The fourth-order valence-corrected chi connectivity index (χ4v) is 1.88. The second-order valence-electron chi connectivity index (χ2n) is 3.43. The predicted octanol–water partition coefficient (Wildman–Crippen LogP) is 2.12. The van der Waals surface area contributed by atoms with Gasteiger partial charge in [0.05, 0.1) is 0 Å². The molecule has 12 heavy (non-hydrogen) atoms. The van der Waals surface area contributed by atoms with Crippen molar-refractivity contribution in [2.24, 2.45) is 11.7 Å². The van der Waals surface area contributed by atoms with Crippen molar-refractivity contribution in [1.82, 2.24) is 0 Å². The Hall–Kier alpha value is -0.130. The topological polar surface area (TPSA) is 26.0 Å². The van der Waals surface area contributed by atoms with E-state index in [1.165, 1.54) is 5.75 Å². The first-order valence-corrected chi connectivity index (χ1v) is 5.59. The van der Waals surface area contributed by atoms with Crippen LogP contribution in [0.25, 0.3) is 0 Å². The van der Waals surface area contributed by atoms with Gasteiger partial charge in [0, 0.05) is 18.2 Å². The Balaban J connectivity index is 3.20. The molecule has 2 heteroatoms. The fraction of sp³-hybridized carbons (Fsp3) is 0.800. The number of thioether (sulfide) groups is 1. The van der Waals surface area contributed by atoms with Crippen LogP contribution in [0.3, 0.4) is 0 Å². The van der Waals surface area contributed by atoms with Crippen LogP contribution in [0.4, 0.5) is 0 Å². The van der Waals surface area contributed by atoms with Crippen LogP contribution in [0.2, 0.25) is 0 Å². The Morgan fingerprint density at radius 1 is 1.42 bits per heavy atom. The monoisotopic (exact) mass is 185 g/mol. The fourth-order valence-electron chi connectivity index (χ4n) is 0.807. The molecule has 0 aliphatic rings. The highest BCUT2D eigenvalue weighted by Gasteiger charge is 2.02. The Morgan fingerprint density at radius 3 is 2.58 bits per heavy atom. The van der Waals surface area contributed by atoms with Gasteiger partial charge in [0.1, 0.15) is 0 Å². The largest absolute Gasteiger partial charge is 0.327 e. The predicted molar refractivity (Wildman–Crippen MR) is 58.2 cm³/mol. The van der Waals surface area contributed by atoms with Gasteiger partial charge in [0.2, 0.25) is 0 Å². The van der Waals surface area contributed by atoms with E-state index in [-0.39, 0.29) is 6.04 Å². The lowest BCUT2D eigenvalue weighted by molar-refractivity contribution is 0.688. The van der Waals surface area contributed by atoms with E-state index in [0.717, 1.165) is 24.5 Å². The quantitative estimate of drug-likeness (QED) is 0.641. The molecule has 0 aromatic carbocycles. The second-order valence-corrected chi connectivity index (χ2v) is 4.51. The van der Waals surface area contributed by atoms with Crippen molar-refractivity contribution in [2.75, 3.05) is 11.5 Å². The van der Waals surface area contributed by atoms with Gasteiger partial charge >= 0.3 is 0 Å². The van der Waals surface area contributed by atoms with E-state index in [4.69, 9.17) is 12.2 Å². The number of terminal acetylenes is 1. The second kappa shape index (κ2) is 7.52. The van der Waals surface area contributed by atoms with Crippen molar-refractivity contribution in [3.05, 3.63) is 0 Å². The number of hydrogen-bond acceptors (Lipinski definition) is 2. The normalized spacial score (nSPS) is 12.9. The summed E-state index contributed by atoms with van der Waals surface area (Å²) in [5.74, 6) is 5.61. The first-order valence-electron chi connectivity index (χ1n) is 4.43. The van der Waals surface area contributed by atoms with E-state index in [9.17, 15) is 0 Å². The van der Waals surface area contributed by atoms with Crippen molar-refractivity contribution in [3.8, 4) is 12.3 Å². The van der Waals surface area contributed by atoms with Crippen molar-refractivity contribution in [3.63, 3.8) is 0 Å². The average molecular weight is 185 g/mol. The molecule has 1 nitrogen and oxygen atoms in total. The molecular formula is C10H19NS. The summed E-state index contributed by atoms with van der Waals surface area (Å²) < 4.78 is 0. The Bertz CT molecular complexity index is 137. The number of nitrogens with two attached hydrogens (primary N) is 1. The van der Waals surface area contributed by atoms with Crippen LogP contribution in [-0.2, 0) is 0 Å². The molecule has 0 bridgehead atoms. The summed E-state index contributed by atoms with van der Waals surface area (Å²) in [7, 11) is 0. The van der Waals surface area contributed by atoms with Crippen LogP contribution in [0.5, 0.6) is 0 Å². The van der Waals surface area contributed by atoms with Gasteiger partial charge in [-0.2, -0.15) is 11.8 Å². The van der Waals surface area contributed by atoms with Crippen LogP contribution in [0.15, 0.2) is 0 Å². The molecule has 0 aliphatic carbocycles. The number of rotatable bonds is 6. The molecule has 0 aromatic heterocycles. The van der Waals surface area contributed by atoms with E-state index in [1.807, 2.05) is 11.8 Å². The summed E-state index contributed by atoms with van der Waals surface area (Å²) in [6.07, 6.45) is 6.91. The summed E-state index contributed by atoms with van der Waals surface area (Å²) in [4.78, 5) is 0. The number of hydrogen-bond donors (Lipinski definition) is 1. The third-order valence-corrected chi connectivity index (χ3v) is 3.01. The van der Waals surface area contributed by atoms with Crippen LogP contribution in [0.1, 0.15) is 26.7 Å². The first kappa shape index (κ1) is 11.9. The van der Waals surface area contributed by atoms with E-state index >= 15 is 0 Å². The third kappa shape index (κ3) is 7.97. The Kier molecular flexibility index (Phi) is 7.43. The van der Waals surface area contributed by atoms with Crippen molar-refractivity contribution in [2.45, 2.75) is 32.7 Å². The molecule has 0 fully saturated rings. The molecule has 0 amide bonds. The molecule has 0 saturated heterocycles. The summed E-state index contributed by atoms with van der Waals surface area (Å²) in [6, 6.07) is 0.282. The van der Waals surface area contributed by atoms with Gasteiger partial charge in [0.25, 0.3) is 0 Å². The van der Waals surface area contributed by atoms with E-state index in [1.54, 1.807) is 0 Å². The minimum Gasteiger partial charge on any atom is -0.327 e. The summed E-state index contributed by atoms with van der Waals surface area (Å²) in [5, 5.41) is 0. The molecule has 0 aliphatic heterocycles. The van der Waals surface area contributed by atoms with Crippen molar-refractivity contribution < 1.29 is 0 Å². The molecule has 1 unspecified atom stereocenters. The zero-order valence-corrected chi connectivity index (χ0v) is 8.86. The zero-order chi connectivity index (χ0) is 9.40. The summed E-state index contributed by atoms with van der Waals surface area (Å²) in [5.41, 5.74) is 5.83. The maximum Gasteiger partial charge on any atom is 0.0139 e. The van der Waals surface area contributed by atoms with Gasteiger partial charge < -0.3 is 5.73 Å². The lowest BCUT2D eigenvalue weighted by atomic mass is 10.2. The summed E-state index contributed by atoms with van der Waals surface area (Å²) >= 11 is 1.93. The molecular weight excluding hydrogens is 166 g/mol. The van der Waals surface area contributed by atoms with Crippen LogP contribution < -0.4 is 5.73 Å². The molecule has 0 saturated carbocycles. The van der Waals surface area contributed by atoms with Crippen LogP contribution in [-0.4, -0.2) is 17.5 Å². The molecule has 2 N–H and O–H groups in total. The van der Waals surface area contributed by atoms with Gasteiger partial charge in [0.15, 0.2) is 0 Å². The van der Waals surface area contributed by atoms with Gasteiger partial charge in [-0.3, -0.25) is 0 Å².